The molecule has 0 saturated carbocycles. The van der Waals surface area contributed by atoms with Crippen LogP contribution in [0.1, 0.15) is 36.3 Å². The highest BCUT2D eigenvalue weighted by molar-refractivity contribution is 5.40. The SMILES string of the molecule is FC(F)(F)c1cn2c(n1)CC[C@@H](CNCc1ccc(N3CCCC3)nc1)C2. The standard InChI is InChI=1S/C19H24F3N5/c20-19(21,22)16-13-27-12-15(4-6-18(27)25-16)10-23-9-14-3-5-17(24-11-14)26-7-1-2-8-26/h3,5,11,13,15,23H,1-2,4,6-10,12H2/t15-/m0/s1. The molecular formula is C19H24F3N5. The molecule has 0 unspecified atom stereocenters. The Labute approximate surface area is 156 Å². The van der Waals surface area contributed by atoms with Crippen molar-refractivity contribution in [2.45, 2.75) is 44.9 Å². The number of nitrogens with zero attached hydrogens (tertiary/aromatic N) is 4. The van der Waals surface area contributed by atoms with Crippen molar-refractivity contribution in [1.82, 2.24) is 19.9 Å². The molecule has 8 heteroatoms. The van der Waals surface area contributed by atoms with Crippen LogP contribution in [0.5, 0.6) is 0 Å². The summed E-state index contributed by atoms with van der Waals surface area (Å²) in [6, 6.07) is 4.16. The molecule has 27 heavy (non-hydrogen) atoms. The van der Waals surface area contributed by atoms with E-state index in [9.17, 15) is 13.2 Å². The number of alkyl halides is 3. The van der Waals surface area contributed by atoms with E-state index in [2.05, 4.69) is 32.3 Å². The summed E-state index contributed by atoms with van der Waals surface area (Å²) in [4.78, 5) is 10.6. The zero-order valence-corrected chi connectivity index (χ0v) is 15.2. The Kier molecular flexibility index (Phi) is 5.08. The highest BCUT2D eigenvalue weighted by Gasteiger charge is 2.35. The van der Waals surface area contributed by atoms with Crippen LogP contribution in [-0.4, -0.2) is 34.2 Å². The molecule has 1 N–H and O–H groups in total. The van der Waals surface area contributed by atoms with Gasteiger partial charge in [0, 0.05) is 45.0 Å². The smallest absolute Gasteiger partial charge is 0.357 e. The van der Waals surface area contributed by atoms with Gasteiger partial charge in [-0.05, 0) is 43.4 Å². The maximum absolute atomic E-state index is 12.8. The average molecular weight is 379 g/mol. The first-order chi connectivity index (χ1) is 13.0. The highest BCUT2D eigenvalue weighted by atomic mass is 19.4. The third-order valence-corrected chi connectivity index (χ3v) is 5.38. The molecule has 0 amide bonds. The molecule has 2 aliphatic rings. The summed E-state index contributed by atoms with van der Waals surface area (Å²) in [6.45, 7) is 4.23. The van der Waals surface area contributed by atoms with Gasteiger partial charge in [0.05, 0.1) is 0 Å². The average Bonchev–Trinajstić information content (AvgIpc) is 3.31. The van der Waals surface area contributed by atoms with E-state index in [1.165, 1.54) is 12.8 Å². The molecular weight excluding hydrogens is 355 g/mol. The fourth-order valence-electron chi connectivity index (χ4n) is 3.89. The van der Waals surface area contributed by atoms with Crippen molar-refractivity contribution in [3.8, 4) is 0 Å². The van der Waals surface area contributed by atoms with Crippen molar-refractivity contribution in [3.63, 3.8) is 0 Å². The summed E-state index contributed by atoms with van der Waals surface area (Å²) in [7, 11) is 0. The number of anilines is 1. The largest absolute Gasteiger partial charge is 0.434 e. The van der Waals surface area contributed by atoms with Crippen LogP contribution in [0.3, 0.4) is 0 Å². The van der Waals surface area contributed by atoms with Crippen molar-refractivity contribution in [1.29, 1.82) is 0 Å². The van der Waals surface area contributed by atoms with Crippen LogP contribution in [-0.2, 0) is 25.7 Å². The number of hydrogen-bond donors (Lipinski definition) is 1. The molecule has 1 fully saturated rings. The Morgan fingerprint density at radius 2 is 2.00 bits per heavy atom. The van der Waals surface area contributed by atoms with Crippen molar-refractivity contribution >= 4 is 5.82 Å². The van der Waals surface area contributed by atoms with Gasteiger partial charge >= 0.3 is 6.18 Å². The highest BCUT2D eigenvalue weighted by Crippen LogP contribution is 2.30. The zero-order chi connectivity index (χ0) is 18.9. The third-order valence-electron chi connectivity index (χ3n) is 5.38. The third kappa shape index (κ3) is 4.26. The fraction of sp³-hybridized carbons (Fsp3) is 0.579. The van der Waals surface area contributed by atoms with E-state index in [0.717, 1.165) is 43.6 Å². The second-order valence-corrected chi connectivity index (χ2v) is 7.45. The second-order valence-electron chi connectivity index (χ2n) is 7.45. The zero-order valence-electron chi connectivity index (χ0n) is 15.2. The number of aryl methyl sites for hydroxylation is 1. The molecule has 2 aromatic rings. The van der Waals surface area contributed by atoms with E-state index in [1.807, 2.05) is 6.20 Å². The second kappa shape index (κ2) is 7.50. The van der Waals surface area contributed by atoms with Gasteiger partial charge in [0.1, 0.15) is 11.6 Å². The first-order valence-corrected chi connectivity index (χ1v) is 9.53. The van der Waals surface area contributed by atoms with E-state index in [0.29, 0.717) is 31.3 Å². The molecule has 5 nitrogen and oxygen atoms in total. The van der Waals surface area contributed by atoms with Crippen molar-refractivity contribution < 1.29 is 13.2 Å². The Bertz CT molecular complexity index is 763. The Morgan fingerprint density at radius 3 is 2.70 bits per heavy atom. The maximum Gasteiger partial charge on any atom is 0.434 e. The van der Waals surface area contributed by atoms with Crippen LogP contribution >= 0.6 is 0 Å². The van der Waals surface area contributed by atoms with Crippen LogP contribution in [0.4, 0.5) is 19.0 Å². The molecule has 4 rings (SSSR count). The molecule has 2 aliphatic heterocycles. The van der Waals surface area contributed by atoms with Gasteiger partial charge in [0.25, 0.3) is 0 Å². The minimum atomic E-state index is -4.37. The Balaban J connectivity index is 1.27. The monoisotopic (exact) mass is 379 g/mol. The van der Waals surface area contributed by atoms with Gasteiger partial charge in [-0.1, -0.05) is 6.07 Å². The first-order valence-electron chi connectivity index (χ1n) is 9.53. The van der Waals surface area contributed by atoms with Crippen LogP contribution in [0.15, 0.2) is 24.5 Å². The van der Waals surface area contributed by atoms with E-state index in [1.54, 1.807) is 4.57 Å². The summed E-state index contributed by atoms with van der Waals surface area (Å²) in [6.07, 6.45) is 2.59. The lowest BCUT2D eigenvalue weighted by atomic mass is 9.99. The molecule has 0 radical (unpaired) electrons. The van der Waals surface area contributed by atoms with Crippen molar-refractivity contribution in [2.24, 2.45) is 5.92 Å². The van der Waals surface area contributed by atoms with E-state index in [-0.39, 0.29) is 0 Å². The number of imidazole rings is 1. The molecule has 1 atom stereocenters. The van der Waals surface area contributed by atoms with Gasteiger partial charge in [-0.2, -0.15) is 13.2 Å². The lowest BCUT2D eigenvalue weighted by Crippen LogP contribution is -2.29. The minimum Gasteiger partial charge on any atom is -0.357 e. The lowest BCUT2D eigenvalue weighted by Gasteiger charge is -2.24. The summed E-state index contributed by atoms with van der Waals surface area (Å²) in [5.41, 5.74) is 0.340. The predicted octanol–water partition coefficient (Wildman–Crippen LogP) is 3.25. The summed E-state index contributed by atoms with van der Waals surface area (Å²) >= 11 is 0. The number of hydrogen-bond acceptors (Lipinski definition) is 4. The number of rotatable bonds is 5. The minimum absolute atomic E-state index is 0.310. The predicted molar refractivity (Wildman–Crippen MR) is 96.4 cm³/mol. The van der Waals surface area contributed by atoms with E-state index >= 15 is 0 Å². The maximum atomic E-state index is 12.8. The van der Waals surface area contributed by atoms with E-state index < -0.39 is 11.9 Å². The first kappa shape index (κ1) is 18.3. The van der Waals surface area contributed by atoms with Gasteiger partial charge in [0.15, 0.2) is 5.69 Å². The Morgan fingerprint density at radius 1 is 1.19 bits per heavy atom. The fourth-order valence-corrected chi connectivity index (χ4v) is 3.89. The van der Waals surface area contributed by atoms with Crippen LogP contribution in [0.25, 0.3) is 0 Å². The van der Waals surface area contributed by atoms with E-state index in [4.69, 9.17) is 0 Å². The van der Waals surface area contributed by atoms with Crippen LogP contribution in [0.2, 0.25) is 0 Å². The molecule has 2 aromatic heterocycles. The van der Waals surface area contributed by atoms with Crippen LogP contribution in [0, 0.1) is 5.92 Å². The molecule has 146 valence electrons. The van der Waals surface area contributed by atoms with Gasteiger partial charge in [-0.25, -0.2) is 9.97 Å². The van der Waals surface area contributed by atoms with Gasteiger partial charge in [0.2, 0.25) is 0 Å². The normalized spacial score (nSPS) is 20.1. The summed E-state index contributed by atoms with van der Waals surface area (Å²) in [5, 5.41) is 3.42. The van der Waals surface area contributed by atoms with Crippen LogP contribution < -0.4 is 10.2 Å². The number of aromatic nitrogens is 3. The molecule has 0 aliphatic carbocycles. The number of pyridine rings is 1. The number of nitrogens with one attached hydrogen (secondary N) is 1. The molecule has 4 heterocycles. The topological polar surface area (TPSA) is 46.0 Å². The molecule has 0 spiro atoms. The lowest BCUT2D eigenvalue weighted by molar-refractivity contribution is -0.141. The molecule has 0 bridgehead atoms. The number of halogens is 3. The quantitative estimate of drug-likeness (QED) is 0.866. The Hall–Kier alpha value is -2.09. The molecule has 0 aromatic carbocycles. The molecule has 1 saturated heterocycles. The van der Waals surface area contributed by atoms with Crippen molar-refractivity contribution in [2.75, 3.05) is 24.5 Å². The summed E-state index contributed by atoms with van der Waals surface area (Å²) in [5.74, 6) is 1.89. The van der Waals surface area contributed by atoms with Crippen molar-refractivity contribution in [3.05, 3.63) is 41.6 Å². The number of fused-ring (bicyclic) bond motifs is 1. The van der Waals surface area contributed by atoms with Gasteiger partial charge in [-0.15, -0.1) is 0 Å². The van der Waals surface area contributed by atoms with Gasteiger partial charge in [-0.3, -0.25) is 0 Å². The summed E-state index contributed by atoms with van der Waals surface area (Å²) < 4.78 is 40.0. The van der Waals surface area contributed by atoms with Gasteiger partial charge < -0.3 is 14.8 Å².